The molecule has 0 N–H and O–H groups in total. The Morgan fingerprint density at radius 3 is 2.44 bits per heavy atom. The molecule has 1 fully saturated rings. The van der Waals surface area contributed by atoms with Crippen LogP contribution in [0.2, 0.25) is 0 Å². The van der Waals surface area contributed by atoms with Gasteiger partial charge < -0.3 is 9.26 Å². The van der Waals surface area contributed by atoms with Gasteiger partial charge in [-0.3, -0.25) is 9.58 Å². The summed E-state index contributed by atoms with van der Waals surface area (Å²) in [5.41, 5.74) is 4.11. The van der Waals surface area contributed by atoms with Crippen LogP contribution in [0.25, 0.3) is 11.1 Å². The van der Waals surface area contributed by atoms with Gasteiger partial charge in [0.05, 0.1) is 11.9 Å². The van der Waals surface area contributed by atoms with Crippen LogP contribution in [0.3, 0.4) is 0 Å². The molecule has 0 aromatic carbocycles. The Morgan fingerprint density at radius 1 is 1.11 bits per heavy atom. The average Bonchev–Trinajstić information content (AvgIpc) is 3.24. The molecule has 1 aliphatic heterocycles. The third-order valence-corrected chi connectivity index (χ3v) is 5.04. The van der Waals surface area contributed by atoms with Crippen LogP contribution in [0.4, 0.5) is 0 Å². The molecule has 8 heteroatoms. The minimum atomic E-state index is 0.148. The van der Waals surface area contributed by atoms with E-state index < -0.39 is 0 Å². The molecule has 0 bridgehead atoms. The smallest absolute Gasteiger partial charge is 0.316 e. The predicted molar refractivity (Wildman–Crippen MR) is 99.1 cm³/mol. The van der Waals surface area contributed by atoms with Crippen LogP contribution in [0.1, 0.15) is 29.9 Å². The molecule has 8 nitrogen and oxygen atoms in total. The lowest BCUT2D eigenvalue weighted by Gasteiger charge is -2.31. The molecule has 0 spiro atoms. The largest absolute Gasteiger partial charge is 0.460 e. The van der Waals surface area contributed by atoms with Gasteiger partial charge in [-0.1, -0.05) is 5.16 Å². The number of ether oxygens (including phenoxy) is 1. The van der Waals surface area contributed by atoms with E-state index in [-0.39, 0.29) is 6.10 Å². The number of hydrogen-bond acceptors (Lipinski definition) is 7. The lowest BCUT2D eigenvalue weighted by atomic mass is 10.1. The summed E-state index contributed by atoms with van der Waals surface area (Å²) in [4.78, 5) is 11.1. The molecule has 0 unspecified atom stereocenters. The SMILES string of the molecule is Cc1noc(C)c1CN1CCC(Oc2ncc(-c3cnn(C)c3)cn2)CC1. The second kappa shape index (κ2) is 7.48. The van der Waals surface area contributed by atoms with Crippen LogP contribution in [-0.2, 0) is 13.6 Å². The second-order valence-corrected chi connectivity index (χ2v) is 7.05. The number of aryl methyl sites for hydroxylation is 3. The first kappa shape index (κ1) is 17.7. The summed E-state index contributed by atoms with van der Waals surface area (Å²) >= 11 is 0. The summed E-state index contributed by atoms with van der Waals surface area (Å²) in [7, 11) is 1.89. The second-order valence-electron chi connectivity index (χ2n) is 7.05. The Hall–Kier alpha value is -2.74. The Kier molecular flexibility index (Phi) is 4.89. The van der Waals surface area contributed by atoms with E-state index in [0.717, 1.165) is 55.1 Å². The van der Waals surface area contributed by atoms with Crippen LogP contribution < -0.4 is 4.74 Å². The Bertz CT molecular complexity index is 874. The summed E-state index contributed by atoms with van der Waals surface area (Å²) in [6.45, 7) is 6.79. The fourth-order valence-corrected chi connectivity index (χ4v) is 3.38. The maximum Gasteiger partial charge on any atom is 0.316 e. The van der Waals surface area contributed by atoms with Crippen molar-refractivity contribution in [2.24, 2.45) is 7.05 Å². The molecule has 0 aliphatic carbocycles. The van der Waals surface area contributed by atoms with E-state index in [2.05, 4.69) is 25.1 Å². The van der Waals surface area contributed by atoms with Gasteiger partial charge in [0.2, 0.25) is 0 Å². The third-order valence-electron chi connectivity index (χ3n) is 5.04. The van der Waals surface area contributed by atoms with E-state index >= 15 is 0 Å². The minimum Gasteiger partial charge on any atom is -0.460 e. The lowest BCUT2D eigenvalue weighted by Crippen LogP contribution is -2.38. The van der Waals surface area contributed by atoms with Gasteiger partial charge in [0.15, 0.2) is 0 Å². The van der Waals surface area contributed by atoms with Gasteiger partial charge in [-0.25, -0.2) is 9.97 Å². The van der Waals surface area contributed by atoms with Crippen molar-refractivity contribution in [1.29, 1.82) is 0 Å². The molecule has 3 aromatic heterocycles. The monoisotopic (exact) mass is 368 g/mol. The standard InChI is InChI=1S/C19H24N6O2/c1-13-18(14(2)27-23-13)12-25-6-4-17(5-7-25)26-19-20-8-15(9-21-19)16-10-22-24(3)11-16/h8-11,17H,4-7,12H2,1-3H3. The maximum atomic E-state index is 5.98. The highest BCUT2D eigenvalue weighted by Gasteiger charge is 2.23. The van der Waals surface area contributed by atoms with Crippen molar-refractivity contribution in [2.75, 3.05) is 13.1 Å². The average molecular weight is 368 g/mol. The topological polar surface area (TPSA) is 82.1 Å². The van der Waals surface area contributed by atoms with Crippen molar-refractivity contribution < 1.29 is 9.26 Å². The van der Waals surface area contributed by atoms with Crippen LogP contribution in [0.15, 0.2) is 29.3 Å². The highest BCUT2D eigenvalue weighted by molar-refractivity contribution is 5.59. The van der Waals surface area contributed by atoms with E-state index in [1.54, 1.807) is 23.3 Å². The molecule has 27 heavy (non-hydrogen) atoms. The summed E-state index contributed by atoms with van der Waals surface area (Å²) in [5.74, 6) is 0.910. The van der Waals surface area contributed by atoms with Crippen molar-refractivity contribution in [3.05, 3.63) is 41.8 Å². The van der Waals surface area contributed by atoms with Gasteiger partial charge in [-0.05, 0) is 26.7 Å². The van der Waals surface area contributed by atoms with E-state index in [1.165, 1.54) is 5.56 Å². The predicted octanol–water partition coefficient (Wildman–Crippen LogP) is 2.53. The molecule has 0 amide bonds. The van der Waals surface area contributed by atoms with E-state index in [0.29, 0.717) is 6.01 Å². The molecule has 0 saturated carbocycles. The van der Waals surface area contributed by atoms with Gasteiger partial charge >= 0.3 is 6.01 Å². The zero-order valence-electron chi connectivity index (χ0n) is 15.9. The summed E-state index contributed by atoms with van der Waals surface area (Å²) in [6.07, 6.45) is 9.36. The van der Waals surface area contributed by atoms with Crippen molar-refractivity contribution in [3.63, 3.8) is 0 Å². The highest BCUT2D eigenvalue weighted by Crippen LogP contribution is 2.22. The normalized spacial score (nSPS) is 16.0. The minimum absolute atomic E-state index is 0.148. The molecular weight excluding hydrogens is 344 g/mol. The fourth-order valence-electron chi connectivity index (χ4n) is 3.38. The molecule has 0 radical (unpaired) electrons. The van der Waals surface area contributed by atoms with Crippen LogP contribution in [-0.4, -0.2) is 49.0 Å². The van der Waals surface area contributed by atoms with Gasteiger partial charge in [0.25, 0.3) is 0 Å². The Morgan fingerprint density at radius 2 is 1.85 bits per heavy atom. The first-order valence-electron chi connectivity index (χ1n) is 9.20. The molecule has 1 aliphatic rings. The van der Waals surface area contributed by atoms with Crippen molar-refractivity contribution in [2.45, 2.75) is 39.3 Å². The quantitative estimate of drug-likeness (QED) is 0.684. The number of rotatable bonds is 5. The zero-order chi connectivity index (χ0) is 18.8. The number of hydrogen-bond donors (Lipinski definition) is 0. The van der Waals surface area contributed by atoms with Gasteiger partial charge in [-0.15, -0.1) is 0 Å². The Labute approximate surface area is 158 Å². The lowest BCUT2D eigenvalue weighted by molar-refractivity contribution is 0.0890. The van der Waals surface area contributed by atoms with Crippen molar-refractivity contribution in [1.82, 2.24) is 29.8 Å². The molecule has 3 aromatic rings. The number of aromatic nitrogens is 5. The zero-order valence-corrected chi connectivity index (χ0v) is 15.9. The number of nitrogens with zero attached hydrogens (tertiary/aromatic N) is 6. The molecule has 1 saturated heterocycles. The van der Waals surface area contributed by atoms with Crippen molar-refractivity contribution >= 4 is 0 Å². The first-order valence-corrected chi connectivity index (χ1v) is 9.20. The molecule has 4 rings (SSSR count). The van der Waals surface area contributed by atoms with E-state index in [9.17, 15) is 0 Å². The van der Waals surface area contributed by atoms with E-state index in [4.69, 9.17) is 9.26 Å². The van der Waals surface area contributed by atoms with Crippen molar-refractivity contribution in [3.8, 4) is 17.1 Å². The van der Waals surface area contributed by atoms with Gasteiger partial charge in [0, 0.05) is 62.0 Å². The third kappa shape index (κ3) is 4.00. The van der Waals surface area contributed by atoms with Gasteiger partial charge in [-0.2, -0.15) is 5.10 Å². The van der Waals surface area contributed by atoms with Crippen LogP contribution in [0, 0.1) is 13.8 Å². The van der Waals surface area contributed by atoms with Gasteiger partial charge in [0.1, 0.15) is 11.9 Å². The highest BCUT2D eigenvalue weighted by atomic mass is 16.5. The molecule has 0 atom stereocenters. The summed E-state index contributed by atoms with van der Waals surface area (Å²) < 4.78 is 13.0. The number of piperidine rings is 1. The molecule has 4 heterocycles. The molecule has 142 valence electrons. The molecular formula is C19H24N6O2. The van der Waals surface area contributed by atoms with Crippen LogP contribution >= 0.6 is 0 Å². The van der Waals surface area contributed by atoms with Crippen LogP contribution in [0.5, 0.6) is 6.01 Å². The fraction of sp³-hybridized carbons (Fsp3) is 0.474. The summed E-state index contributed by atoms with van der Waals surface area (Å²) in [5, 5.41) is 8.20. The number of likely N-dealkylation sites (tertiary alicyclic amines) is 1. The Balaban J connectivity index is 1.30. The maximum absolute atomic E-state index is 5.98. The summed E-state index contributed by atoms with van der Waals surface area (Å²) in [6, 6.07) is 0.437. The first-order chi connectivity index (χ1) is 13.1. The van der Waals surface area contributed by atoms with E-state index in [1.807, 2.05) is 27.1 Å².